The molecule has 0 bridgehead atoms. The third kappa shape index (κ3) is 5.00. The minimum absolute atomic E-state index is 0.0165. The van der Waals surface area contributed by atoms with Crippen molar-refractivity contribution in [2.24, 2.45) is 11.8 Å². The Hall–Kier alpha value is -2.22. The highest BCUT2D eigenvalue weighted by Gasteiger charge is 2.27. The molecule has 170 valence electrons. The average Bonchev–Trinajstić information content (AvgIpc) is 3.06. The molecule has 0 spiro atoms. The highest BCUT2D eigenvalue weighted by atomic mass is 32.1. The topological polar surface area (TPSA) is 75.5 Å². The number of hydrogen-bond acceptors (Lipinski definition) is 5. The van der Waals surface area contributed by atoms with Gasteiger partial charge in [-0.05, 0) is 44.1 Å². The lowest BCUT2D eigenvalue weighted by Crippen LogP contribution is -2.44. The number of aryl methyl sites for hydroxylation is 1. The molecule has 2 aromatic heterocycles. The molecule has 7 nitrogen and oxygen atoms in total. The third-order valence-corrected chi connectivity index (χ3v) is 7.28. The number of fused-ring (bicyclic) bond motifs is 1. The van der Waals surface area contributed by atoms with Crippen molar-refractivity contribution in [1.29, 1.82) is 0 Å². The number of unbranched alkanes of at least 4 members (excludes halogenated alkanes) is 1. The van der Waals surface area contributed by atoms with E-state index in [0.717, 1.165) is 32.4 Å². The Bertz CT molecular complexity index is 1000. The van der Waals surface area contributed by atoms with E-state index in [2.05, 4.69) is 25.8 Å². The molecule has 2 aromatic rings. The van der Waals surface area contributed by atoms with Gasteiger partial charge in [-0.15, -0.1) is 11.3 Å². The number of aromatic nitrogens is 2. The van der Waals surface area contributed by atoms with Gasteiger partial charge in [0.1, 0.15) is 11.4 Å². The second kappa shape index (κ2) is 9.94. The lowest BCUT2D eigenvalue weighted by Gasteiger charge is -2.35. The van der Waals surface area contributed by atoms with Gasteiger partial charge in [-0.25, -0.2) is 4.98 Å². The van der Waals surface area contributed by atoms with Crippen molar-refractivity contribution in [3.63, 3.8) is 0 Å². The number of hydrogen-bond donors (Lipinski definition) is 0. The van der Waals surface area contributed by atoms with Crippen molar-refractivity contribution in [2.75, 3.05) is 26.2 Å². The van der Waals surface area contributed by atoms with Crippen LogP contribution in [0.5, 0.6) is 0 Å². The van der Waals surface area contributed by atoms with E-state index in [4.69, 9.17) is 0 Å². The van der Waals surface area contributed by atoms with Gasteiger partial charge in [-0.1, -0.05) is 27.2 Å². The van der Waals surface area contributed by atoms with Crippen LogP contribution in [0.25, 0.3) is 10.2 Å². The number of thiophene rings is 1. The van der Waals surface area contributed by atoms with Crippen LogP contribution in [-0.4, -0.2) is 57.3 Å². The summed E-state index contributed by atoms with van der Waals surface area (Å²) in [6.45, 7) is 13.0. The van der Waals surface area contributed by atoms with E-state index in [1.54, 1.807) is 0 Å². The summed E-state index contributed by atoms with van der Waals surface area (Å²) in [6, 6.07) is 0. The van der Waals surface area contributed by atoms with Gasteiger partial charge in [0.15, 0.2) is 0 Å². The molecule has 2 amide bonds. The van der Waals surface area contributed by atoms with Gasteiger partial charge in [0.2, 0.25) is 5.91 Å². The van der Waals surface area contributed by atoms with Gasteiger partial charge in [0.25, 0.3) is 11.5 Å². The molecule has 0 radical (unpaired) electrons. The van der Waals surface area contributed by atoms with E-state index >= 15 is 0 Å². The zero-order chi connectivity index (χ0) is 22.7. The summed E-state index contributed by atoms with van der Waals surface area (Å²) >= 11 is 1.27. The second-order valence-electron chi connectivity index (χ2n) is 8.90. The van der Waals surface area contributed by atoms with Crippen LogP contribution in [0.2, 0.25) is 0 Å². The quantitative estimate of drug-likeness (QED) is 0.652. The van der Waals surface area contributed by atoms with Crippen LogP contribution in [-0.2, 0) is 11.3 Å². The Morgan fingerprint density at radius 2 is 1.90 bits per heavy atom. The van der Waals surface area contributed by atoms with Crippen molar-refractivity contribution >= 4 is 33.4 Å². The number of rotatable bonds is 7. The van der Waals surface area contributed by atoms with E-state index in [0.29, 0.717) is 45.6 Å². The van der Waals surface area contributed by atoms with E-state index in [1.165, 1.54) is 22.2 Å². The fourth-order valence-electron chi connectivity index (χ4n) is 4.48. The molecule has 2 unspecified atom stereocenters. The molecule has 1 aliphatic heterocycles. The van der Waals surface area contributed by atoms with Crippen LogP contribution < -0.4 is 5.56 Å². The number of piperidine rings is 1. The standard InChI is InChI=1S/C23H34N4O3S/c1-6-8-9-25(7-2)23(30)20-17(5)19-21(31-20)24-14-27(22(19)29)13-18(28)26-11-15(3)10-16(4)12-26/h14-16H,6-13H2,1-5H3. The van der Waals surface area contributed by atoms with Gasteiger partial charge >= 0.3 is 0 Å². The van der Waals surface area contributed by atoms with Crippen molar-refractivity contribution in [3.8, 4) is 0 Å². The van der Waals surface area contributed by atoms with Gasteiger partial charge < -0.3 is 9.80 Å². The molecule has 2 atom stereocenters. The highest BCUT2D eigenvalue weighted by molar-refractivity contribution is 7.20. The molecule has 1 saturated heterocycles. The summed E-state index contributed by atoms with van der Waals surface area (Å²) in [5.74, 6) is 0.830. The molecule has 0 aromatic carbocycles. The summed E-state index contributed by atoms with van der Waals surface area (Å²) in [5, 5.41) is 0.454. The summed E-state index contributed by atoms with van der Waals surface area (Å²) < 4.78 is 1.39. The monoisotopic (exact) mass is 446 g/mol. The van der Waals surface area contributed by atoms with Gasteiger partial charge in [-0.3, -0.25) is 19.0 Å². The van der Waals surface area contributed by atoms with Gasteiger partial charge in [-0.2, -0.15) is 0 Å². The minimum Gasteiger partial charge on any atom is -0.341 e. The lowest BCUT2D eigenvalue weighted by atomic mass is 9.92. The van der Waals surface area contributed by atoms with Crippen molar-refractivity contribution in [1.82, 2.24) is 19.4 Å². The SMILES string of the molecule is CCCCN(CC)C(=O)c1sc2ncn(CC(=O)N3CC(C)CC(C)C3)c(=O)c2c1C. The van der Waals surface area contributed by atoms with Gasteiger partial charge in [0, 0.05) is 26.2 Å². The first-order valence-corrected chi connectivity index (χ1v) is 12.1. The Kier molecular flexibility index (Phi) is 7.51. The Morgan fingerprint density at radius 3 is 2.52 bits per heavy atom. The molecular formula is C23H34N4O3S. The molecule has 1 fully saturated rings. The maximum Gasteiger partial charge on any atom is 0.264 e. The van der Waals surface area contributed by atoms with Crippen LogP contribution >= 0.6 is 11.3 Å². The van der Waals surface area contributed by atoms with Crippen molar-refractivity contribution < 1.29 is 9.59 Å². The molecule has 0 N–H and O–H groups in total. The molecule has 1 aliphatic rings. The smallest absolute Gasteiger partial charge is 0.264 e. The molecule has 3 rings (SSSR count). The Balaban J connectivity index is 1.87. The normalized spacial score (nSPS) is 19.1. The average molecular weight is 447 g/mol. The predicted octanol–water partition coefficient (Wildman–Crippen LogP) is 3.53. The largest absolute Gasteiger partial charge is 0.341 e. The second-order valence-corrected chi connectivity index (χ2v) is 9.90. The maximum atomic E-state index is 13.2. The first-order valence-electron chi connectivity index (χ1n) is 11.3. The van der Waals surface area contributed by atoms with E-state index < -0.39 is 0 Å². The summed E-state index contributed by atoms with van der Waals surface area (Å²) in [4.78, 5) is 48.3. The Morgan fingerprint density at radius 1 is 1.23 bits per heavy atom. The molecule has 3 heterocycles. The zero-order valence-corrected chi connectivity index (χ0v) is 20.1. The van der Waals surface area contributed by atoms with Crippen LogP contribution in [0.4, 0.5) is 0 Å². The summed E-state index contributed by atoms with van der Waals surface area (Å²) in [5.41, 5.74) is 0.417. The van der Waals surface area contributed by atoms with Gasteiger partial charge in [0.05, 0.1) is 16.6 Å². The van der Waals surface area contributed by atoms with E-state index in [1.807, 2.05) is 23.6 Å². The van der Waals surface area contributed by atoms with E-state index in [-0.39, 0.29) is 23.9 Å². The summed E-state index contributed by atoms with van der Waals surface area (Å²) in [6.07, 6.45) is 4.53. The predicted molar refractivity (Wildman–Crippen MR) is 125 cm³/mol. The molecule has 0 aliphatic carbocycles. The first-order chi connectivity index (χ1) is 14.8. The number of carbonyl (C=O) groups is 2. The van der Waals surface area contributed by atoms with Crippen molar-refractivity contribution in [2.45, 2.75) is 60.4 Å². The van der Waals surface area contributed by atoms with Crippen LogP contribution in [0.15, 0.2) is 11.1 Å². The number of nitrogens with zero attached hydrogens (tertiary/aromatic N) is 4. The fourth-order valence-corrected chi connectivity index (χ4v) is 5.59. The number of amides is 2. The molecular weight excluding hydrogens is 412 g/mol. The molecule has 31 heavy (non-hydrogen) atoms. The minimum atomic E-state index is -0.249. The number of likely N-dealkylation sites (tertiary alicyclic amines) is 1. The zero-order valence-electron chi connectivity index (χ0n) is 19.3. The fraction of sp³-hybridized carbons (Fsp3) is 0.652. The number of carbonyl (C=O) groups excluding carboxylic acids is 2. The van der Waals surface area contributed by atoms with Crippen LogP contribution in [0, 0.1) is 18.8 Å². The van der Waals surface area contributed by atoms with E-state index in [9.17, 15) is 14.4 Å². The maximum absolute atomic E-state index is 13.2. The third-order valence-electron chi connectivity index (χ3n) is 6.09. The van der Waals surface area contributed by atoms with Crippen molar-refractivity contribution in [3.05, 3.63) is 27.1 Å². The van der Waals surface area contributed by atoms with Crippen LogP contribution in [0.3, 0.4) is 0 Å². The highest BCUT2D eigenvalue weighted by Crippen LogP contribution is 2.28. The Labute approximate surface area is 188 Å². The summed E-state index contributed by atoms with van der Waals surface area (Å²) in [7, 11) is 0. The first kappa shape index (κ1) is 23.4. The molecule has 8 heteroatoms. The lowest BCUT2D eigenvalue weighted by molar-refractivity contribution is -0.134. The molecule has 0 saturated carbocycles. The van der Waals surface area contributed by atoms with Crippen LogP contribution in [0.1, 0.15) is 62.2 Å².